The van der Waals surface area contributed by atoms with Gasteiger partial charge in [-0.15, -0.1) is 0 Å². The van der Waals surface area contributed by atoms with Crippen LogP contribution in [0.3, 0.4) is 0 Å². The maximum atomic E-state index is 13.8. The number of carbonyl (C=O) groups excluding carboxylic acids is 2. The summed E-state index contributed by atoms with van der Waals surface area (Å²) in [5.74, 6) is -0.297. The second-order valence-corrected chi connectivity index (χ2v) is 11.0. The van der Waals surface area contributed by atoms with Crippen LogP contribution < -0.4 is 14.4 Å². The van der Waals surface area contributed by atoms with Crippen LogP contribution in [0.15, 0.2) is 77.7 Å². The van der Waals surface area contributed by atoms with E-state index in [1.54, 1.807) is 63.4 Å². The van der Waals surface area contributed by atoms with Crippen LogP contribution in [-0.2, 0) is 26.2 Å². The highest BCUT2D eigenvalue weighted by atomic mass is 35.5. The topological polar surface area (TPSA) is 96.0 Å². The smallest absolute Gasteiger partial charge is 0.264 e. The zero-order valence-electron chi connectivity index (χ0n) is 21.2. The van der Waals surface area contributed by atoms with Crippen LogP contribution >= 0.6 is 23.2 Å². The van der Waals surface area contributed by atoms with Crippen molar-refractivity contribution < 1.29 is 22.7 Å². The van der Waals surface area contributed by atoms with E-state index in [1.807, 2.05) is 0 Å². The maximum Gasteiger partial charge on any atom is 0.264 e. The van der Waals surface area contributed by atoms with Gasteiger partial charge in [0.25, 0.3) is 10.0 Å². The molecule has 0 aliphatic heterocycles. The lowest BCUT2D eigenvalue weighted by Crippen LogP contribution is -2.51. The predicted octanol–water partition coefficient (Wildman–Crippen LogP) is 4.75. The molecule has 3 aromatic rings. The zero-order chi connectivity index (χ0) is 27.9. The van der Waals surface area contributed by atoms with E-state index in [2.05, 4.69) is 5.32 Å². The molecule has 0 saturated heterocycles. The highest BCUT2D eigenvalue weighted by molar-refractivity contribution is 7.92. The molecule has 1 N–H and O–H groups in total. The van der Waals surface area contributed by atoms with Gasteiger partial charge >= 0.3 is 0 Å². The Morgan fingerprint density at radius 2 is 1.63 bits per heavy atom. The molecular formula is C27H29Cl2N3O5S. The molecule has 0 saturated carbocycles. The van der Waals surface area contributed by atoms with Crippen molar-refractivity contribution in [2.45, 2.75) is 31.3 Å². The molecule has 1 atom stereocenters. The molecule has 3 rings (SSSR count). The van der Waals surface area contributed by atoms with Crippen molar-refractivity contribution in [3.63, 3.8) is 0 Å². The number of likely N-dealkylation sites (N-methyl/N-ethyl adjacent to an activating group) is 1. The average molecular weight is 579 g/mol. The molecule has 0 heterocycles. The van der Waals surface area contributed by atoms with Gasteiger partial charge in [-0.1, -0.05) is 53.5 Å². The number of carbonyl (C=O) groups is 2. The van der Waals surface area contributed by atoms with Crippen molar-refractivity contribution >= 4 is 50.7 Å². The van der Waals surface area contributed by atoms with Gasteiger partial charge in [0.2, 0.25) is 11.8 Å². The van der Waals surface area contributed by atoms with E-state index in [0.29, 0.717) is 12.3 Å². The number of halogens is 2. The Hall–Kier alpha value is -3.27. The summed E-state index contributed by atoms with van der Waals surface area (Å²) in [7, 11) is -2.63. The first-order valence-electron chi connectivity index (χ1n) is 11.8. The molecule has 0 bridgehead atoms. The molecule has 0 aromatic heterocycles. The van der Waals surface area contributed by atoms with Crippen LogP contribution in [0.4, 0.5) is 5.69 Å². The lowest BCUT2D eigenvalue weighted by atomic mass is 10.1. The van der Waals surface area contributed by atoms with Gasteiger partial charge in [0.1, 0.15) is 18.3 Å². The molecule has 0 radical (unpaired) electrons. The molecule has 3 aromatic carbocycles. The van der Waals surface area contributed by atoms with E-state index in [4.69, 9.17) is 27.9 Å². The van der Waals surface area contributed by atoms with Gasteiger partial charge < -0.3 is 15.0 Å². The minimum absolute atomic E-state index is 0.00245. The number of sulfonamides is 1. The molecule has 8 nitrogen and oxygen atoms in total. The molecule has 0 fully saturated rings. The lowest BCUT2D eigenvalue weighted by Gasteiger charge is -2.32. The van der Waals surface area contributed by atoms with Crippen molar-refractivity contribution in [2.24, 2.45) is 0 Å². The number of nitrogens with zero attached hydrogens (tertiary/aromatic N) is 2. The molecule has 0 aliphatic rings. The van der Waals surface area contributed by atoms with Crippen LogP contribution in [0.1, 0.15) is 19.4 Å². The van der Waals surface area contributed by atoms with Gasteiger partial charge in [-0.3, -0.25) is 13.9 Å². The van der Waals surface area contributed by atoms with E-state index in [9.17, 15) is 18.0 Å². The molecule has 202 valence electrons. The Bertz CT molecular complexity index is 1370. The largest absolute Gasteiger partial charge is 0.497 e. The highest BCUT2D eigenvalue weighted by Crippen LogP contribution is 2.31. The number of nitrogens with one attached hydrogen (secondary N) is 1. The molecule has 2 amide bonds. The van der Waals surface area contributed by atoms with Crippen molar-refractivity contribution in [2.75, 3.05) is 24.5 Å². The summed E-state index contributed by atoms with van der Waals surface area (Å²) in [5.41, 5.74) is 0.897. The predicted molar refractivity (Wildman–Crippen MR) is 149 cm³/mol. The number of hydrogen-bond acceptors (Lipinski definition) is 5. The second-order valence-electron chi connectivity index (χ2n) is 8.36. The van der Waals surface area contributed by atoms with E-state index in [1.165, 1.54) is 35.2 Å². The Morgan fingerprint density at radius 3 is 2.21 bits per heavy atom. The summed E-state index contributed by atoms with van der Waals surface area (Å²) < 4.78 is 33.6. The van der Waals surface area contributed by atoms with Crippen LogP contribution in [-0.4, -0.2) is 51.4 Å². The third-order valence-electron chi connectivity index (χ3n) is 5.83. The molecular weight excluding hydrogens is 549 g/mol. The number of methoxy groups -OCH3 is 1. The minimum atomic E-state index is -4.18. The van der Waals surface area contributed by atoms with Gasteiger partial charge in [-0.25, -0.2) is 8.42 Å². The van der Waals surface area contributed by atoms with Gasteiger partial charge in [-0.2, -0.15) is 0 Å². The molecule has 38 heavy (non-hydrogen) atoms. The summed E-state index contributed by atoms with van der Waals surface area (Å²) >= 11 is 12.3. The Labute approximate surface area is 233 Å². The van der Waals surface area contributed by atoms with Crippen molar-refractivity contribution in [1.82, 2.24) is 10.2 Å². The maximum absolute atomic E-state index is 13.8. The fraction of sp³-hybridized carbons (Fsp3) is 0.259. The van der Waals surface area contributed by atoms with Crippen LogP contribution in [0.2, 0.25) is 10.0 Å². The Balaban J connectivity index is 2.03. The van der Waals surface area contributed by atoms with E-state index < -0.39 is 28.5 Å². The first-order valence-corrected chi connectivity index (χ1v) is 14.0. The number of anilines is 1. The minimum Gasteiger partial charge on any atom is -0.497 e. The lowest BCUT2D eigenvalue weighted by molar-refractivity contribution is -0.139. The number of amides is 2. The summed E-state index contributed by atoms with van der Waals surface area (Å²) in [5, 5.41) is 3.10. The van der Waals surface area contributed by atoms with Gasteiger partial charge in [0.15, 0.2) is 0 Å². The summed E-state index contributed by atoms with van der Waals surface area (Å²) in [6, 6.07) is 18.3. The monoisotopic (exact) mass is 577 g/mol. The number of ether oxygens (including phenoxy) is 1. The normalized spacial score (nSPS) is 11.9. The van der Waals surface area contributed by atoms with E-state index in [0.717, 1.165) is 9.87 Å². The average Bonchev–Trinajstić information content (AvgIpc) is 2.92. The second kappa shape index (κ2) is 13.0. The third kappa shape index (κ3) is 6.98. The number of benzene rings is 3. The van der Waals surface area contributed by atoms with Gasteiger partial charge in [0.05, 0.1) is 27.7 Å². The van der Waals surface area contributed by atoms with Gasteiger partial charge in [0, 0.05) is 13.1 Å². The van der Waals surface area contributed by atoms with E-state index in [-0.39, 0.29) is 33.1 Å². The van der Waals surface area contributed by atoms with E-state index >= 15 is 0 Å². The molecule has 0 spiro atoms. The number of hydrogen-bond donors (Lipinski definition) is 1. The Kier molecular flexibility index (Phi) is 10.0. The SMILES string of the molecule is CCNC(=O)[C@@H](C)N(Cc1ccc(OC)cc1)C(=O)CN(c1ccc(Cl)c(Cl)c1)S(=O)(=O)c1ccccc1. The van der Waals surface area contributed by atoms with Crippen LogP contribution in [0, 0.1) is 0 Å². The molecule has 11 heteroatoms. The van der Waals surface area contributed by atoms with Crippen LogP contribution in [0.5, 0.6) is 5.75 Å². The quantitative estimate of drug-likeness (QED) is 0.354. The fourth-order valence-corrected chi connectivity index (χ4v) is 5.44. The summed E-state index contributed by atoms with van der Waals surface area (Å²) in [4.78, 5) is 27.9. The first kappa shape index (κ1) is 29.3. The van der Waals surface area contributed by atoms with Crippen molar-refractivity contribution in [1.29, 1.82) is 0 Å². The third-order valence-corrected chi connectivity index (χ3v) is 8.36. The summed E-state index contributed by atoms with van der Waals surface area (Å²) in [6.45, 7) is 3.25. The van der Waals surface area contributed by atoms with Crippen molar-refractivity contribution in [3.8, 4) is 5.75 Å². The molecule has 0 aliphatic carbocycles. The highest BCUT2D eigenvalue weighted by Gasteiger charge is 2.32. The number of rotatable bonds is 11. The van der Waals surface area contributed by atoms with Gasteiger partial charge in [-0.05, 0) is 61.9 Å². The first-order chi connectivity index (χ1) is 18.1. The fourth-order valence-electron chi connectivity index (χ4n) is 3.72. The Morgan fingerprint density at radius 1 is 0.974 bits per heavy atom. The van der Waals surface area contributed by atoms with Crippen molar-refractivity contribution in [3.05, 3.63) is 88.4 Å². The molecule has 0 unspecified atom stereocenters. The van der Waals surface area contributed by atoms with Crippen LogP contribution in [0.25, 0.3) is 0 Å². The standard InChI is InChI=1S/C27H29Cl2N3O5S/c1-4-30-27(34)19(2)31(17-20-10-13-22(37-3)14-11-20)26(33)18-32(21-12-15-24(28)25(29)16-21)38(35,36)23-8-6-5-7-9-23/h5-16,19H,4,17-18H2,1-3H3,(H,30,34)/t19-/m1/s1. The summed E-state index contributed by atoms with van der Waals surface area (Å²) in [6.07, 6.45) is 0. The zero-order valence-corrected chi connectivity index (χ0v) is 23.6.